The van der Waals surface area contributed by atoms with E-state index in [0.29, 0.717) is 47.1 Å². The first kappa shape index (κ1) is 24.1. The molecule has 1 heterocycles. The van der Waals surface area contributed by atoms with Crippen molar-refractivity contribution in [1.82, 2.24) is 4.90 Å². The number of amides is 1. The Hall–Kier alpha value is -2.51. The average molecular weight is 472 g/mol. The van der Waals surface area contributed by atoms with Gasteiger partial charge in [-0.2, -0.15) is 0 Å². The molecule has 2 aromatic rings. The Morgan fingerprint density at radius 3 is 2.44 bits per heavy atom. The van der Waals surface area contributed by atoms with Gasteiger partial charge >= 0.3 is 0 Å². The second-order valence-electron chi connectivity index (χ2n) is 7.36. The second-order valence-corrected chi connectivity index (χ2v) is 9.04. The summed E-state index contributed by atoms with van der Waals surface area (Å²) in [5, 5.41) is 0. The molecule has 1 amide bonds. The molecule has 32 heavy (non-hydrogen) atoms. The lowest BCUT2D eigenvalue weighted by atomic mass is 10.1. The molecule has 1 aliphatic rings. The van der Waals surface area contributed by atoms with Crippen LogP contribution >= 0.6 is 24.0 Å². The van der Waals surface area contributed by atoms with E-state index in [-0.39, 0.29) is 5.91 Å². The van der Waals surface area contributed by atoms with E-state index in [1.807, 2.05) is 44.2 Å². The number of carbonyl (C=O) groups excluding carboxylic acids is 1. The third kappa shape index (κ3) is 6.04. The summed E-state index contributed by atoms with van der Waals surface area (Å²) in [6, 6.07) is 11.8. The summed E-state index contributed by atoms with van der Waals surface area (Å²) < 4.78 is 18.1. The van der Waals surface area contributed by atoms with Crippen molar-refractivity contribution in [3.8, 4) is 17.2 Å². The monoisotopic (exact) mass is 471 g/mol. The smallest absolute Gasteiger partial charge is 0.266 e. The fourth-order valence-electron chi connectivity index (χ4n) is 3.16. The Labute approximate surface area is 199 Å². The Bertz CT molecular complexity index is 1020. The number of hydrogen-bond acceptors (Lipinski definition) is 6. The first-order valence-corrected chi connectivity index (χ1v) is 12.0. The van der Waals surface area contributed by atoms with E-state index >= 15 is 0 Å². The molecule has 0 bridgehead atoms. The Kier molecular flexibility index (Phi) is 8.59. The molecule has 1 saturated heterocycles. The lowest BCUT2D eigenvalue weighted by Gasteiger charge is -2.13. The number of carbonyl (C=O) groups is 1. The molecule has 0 unspecified atom stereocenters. The van der Waals surface area contributed by atoms with E-state index in [1.165, 1.54) is 22.9 Å². The van der Waals surface area contributed by atoms with Crippen molar-refractivity contribution >= 4 is 40.3 Å². The third-order valence-electron chi connectivity index (χ3n) is 5.05. The zero-order valence-electron chi connectivity index (χ0n) is 19.0. The summed E-state index contributed by atoms with van der Waals surface area (Å²) in [7, 11) is 0. The molecule has 1 aliphatic heterocycles. The second kappa shape index (κ2) is 11.4. The van der Waals surface area contributed by atoms with Crippen LogP contribution in [-0.4, -0.2) is 41.5 Å². The van der Waals surface area contributed by atoms with Crippen LogP contribution in [0.4, 0.5) is 0 Å². The average Bonchev–Trinajstić information content (AvgIpc) is 3.04. The third-order valence-corrected chi connectivity index (χ3v) is 6.43. The number of ether oxygens (including phenoxy) is 3. The fraction of sp³-hybridized carbons (Fsp3) is 0.360. The Morgan fingerprint density at radius 1 is 0.969 bits per heavy atom. The Balaban J connectivity index is 1.58. The molecule has 0 spiro atoms. The van der Waals surface area contributed by atoms with Gasteiger partial charge in [0.2, 0.25) is 0 Å². The van der Waals surface area contributed by atoms with E-state index in [4.69, 9.17) is 26.4 Å². The van der Waals surface area contributed by atoms with Crippen molar-refractivity contribution in [3.05, 3.63) is 58.0 Å². The highest BCUT2D eigenvalue weighted by atomic mass is 32.2. The van der Waals surface area contributed by atoms with Crippen molar-refractivity contribution in [2.24, 2.45) is 0 Å². The van der Waals surface area contributed by atoms with Gasteiger partial charge in [0.15, 0.2) is 11.5 Å². The molecule has 0 N–H and O–H groups in total. The predicted octanol–water partition coefficient (Wildman–Crippen LogP) is 5.77. The SMILES string of the molecule is CCOc1cc(/C=C2\SC(=S)N(CC)C2=O)ccc1OCCCOc1ccc(C)c(C)c1. The number of likely N-dealkylation sites (N-methyl/N-ethyl adjacent to an activating group) is 1. The number of rotatable bonds is 10. The molecule has 0 radical (unpaired) electrons. The largest absolute Gasteiger partial charge is 0.493 e. The molecule has 0 aliphatic carbocycles. The molecule has 170 valence electrons. The zero-order valence-corrected chi connectivity index (χ0v) is 20.6. The molecule has 1 fully saturated rings. The summed E-state index contributed by atoms with van der Waals surface area (Å²) in [4.78, 5) is 14.7. The van der Waals surface area contributed by atoms with Gasteiger partial charge in [0.1, 0.15) is 10.1 Å². The molecular weight excluding hydrogens is 442 g/mol. The maximum atomic E-state index is 12.5. The topological polar surface area (TPSA) is 48.0 Å². The van der Waals surface area contributed by atoms with Crippen LogP contribution in [0.2, 0.25) is 0 Å². The van der Waals surface area contributed by atoms with Gasteiger partial charge < -0.3 is 14.2 Å². The number of hydrogen-bond donors (Lipinski definition) is 0. The molecule has 5 nitrogen and oxygen atoms in total. The van der Waals surface area contributed by atoms with Gasteiger partial charge in [-0.25, -0.2) is 0 Å². The molecule has 2 aromatic carbocycles. The summed E-state index contributed by atoms with van der Waals surface area (Å²) in [5.41, 5.74) is 3.34. The van der Waals surface area contributed by atoms with Crippen LogP contribution in [0.15, 0.2) is 41.3 Å². The van der Waals surface area contributed by atoms with Crippen LogP contribution in [0.1, 0.15) is 37.0 Å². The van der Waals surface area contributed by atoms with Gasteiger partial charge in [-0.05, 0) is 74.7 Å². The minimum Gasteiger partial charge on any atom is -0.493 e. The quantitative estimate of drug-likeness (QED) is 0.249. The molecule has 0 aromatic heterocycles. The first-order chi connectivity index (χ1) is 15.4. The Morgan fingerprint density at radius 2 is 1.75 bits per heavy atom. The van der Waals surface area contributed by atoms with Crippen LogP contribution in [0, 0.1) is 13.8 Å². The van der Waals surface area contributed by atoms with E-state index in [2.05, 4.69) is 26.0 Å². The minimum absolute atomic E-state index is 0.0513. The maximum Gasteiger partial charge on any atom is 0.266 e. The van der Waals surface area contributed by atoms with Crippen LogP contribution in [-0.2, 0) is 4.79 Å². The predicted molar refractivity (Wildman–Crippen MR) is 135 cm³/mol. The van der Waals surface area contributed by atoms with E-state index in [9.17, 15) is 4.79 Å². The van der Waals surface area contributed by atoms with Gasteiger partial charge in [0.25, 0.3) is 5.91 Å². The number of aryl methyl sites for hydroxylation is 2. The van der Waals surface area contributed by atoms with Crippen LogP contribution in [0.5, 0.6) is 17.2 Å². The highest BCUT2D eigenvalue weighted by molar-refractivity contribution is 8.26. The van der Waals surface area contributed by atoms with Crippen molar-refractivity contribution < 1.29 is 19.0 Å². The van der Waals surface area contributed by atoms with Crippen molar-refractivity contribution in [2.75, 3.05) is 26.4 Å². The lowest BCUT2D eigenvalue weighted by molar-refractivity contribution is -0.121. The molecule has 0 saturated carbocycles. The number of nitrogens with zero attached hydrogens (tertiary/aromatic N) is 1. The normalized spacial score (nSPS) is 14.9. The van der Waals surface area contributed by atoms with Crippen molar-refractivity contribution in [3.63, 3.8) is 0 Å². The summed E-state index contributed by atoms with van der Waals surface area (Å²) in [5.74, 6) is 2.16. The van der Waals surface area contributed by atoms with Crippen LogP contribution in [0.3, 0.4) is 0 Å². The standard InChI is InChI=1S/C25H29NO4S2/c1-5-26-24(27)23(32-25(26)31)16-19-9-11-21(22(15-19)28-6-2)30-13-7-12-29-20-10-8-17(3)18(4)14-20/h8-11,14-16H,5-7,12-13H2,1-4H3/b23-16-. The maximum absolute atomic E-state index is 12.5. The van der Waals surface area contributed by atoms with E-state index in [1.54, 1.807) is 4.90 Å². The fourth-order valence-corrected chi connectivity index (χ4v) is 4.54. The molecular formula is C25H29NO4S2. The van der Waals surface area contributed by atoms with Gasteiger partial charge in [0, 0.05) is 13.0 Å². The van der Waals surface area contributed by atoms with E-state index in [0.717, 1.165) is 17.7 Å². The molecule has 3 rings (SSSR count). The highest BCUT2D eigenvalue weighted by Gasteiger charge is 2.30. The van der Waals surface area contributed by atoms with Crippen LogP contribution < -0.4 is 14.2 Å². The summed E-state index contributed by atoms with van der Waals surface area (Å²) >= 11 is 6.61. The van der Waals surface area contributed by atoms with Gasteiger partial charge in [-0.3, -0.25) is 9.69 Å². The molecule has 0 atom stereocenters. The van der Waals surface area contributed by atoms with Crippen molar-refractivity contribution in [1.29, 1.82) is 0 Å². The number of thiocarbonyl (C=S) groups is 1. The first-order valence-electron chi connectivity index (χ1n) is 10.8. The van der Waals surface area contributed by atoms with E-state index < -0.39 is 0 Å². The summed E-state index contributed by atoms with van der Waals surface area (Å²) in [6.45, 7) is 10.2. The van der Waals surface area contributed by atoms with Gasteiger partial charge in [-0.1, -0.05) is 36.1 Å². The van der Waals surface area contributed by atoms with Crippen LogP contribution in [0.25, 0.3) is 6.08 Å². The lowest BCUT2D eigenvalue weighted by Crippen LogP contribution is -2.27. The highest BCUT2D eigenvalue weighted by Crippen LogP contribution is 2.34. The number of thioether (sulfide) groups is 1. The van der Waals surface area contributed by atoms with Crippen molar-refractivity contribution in [2.45, 2.75) is 34.1 Å². The summed E-state index contributed by atoms with van der Waals surface area (Å²) in [6.07, 6.45) is 2.60. The van der Waals surface area contributed by atoms with Gasteiger partial charge in [0.05, 0.1) is 24.7 Å². The van der Waals surface area contributed by atoms with Gasteiger partial charge in [-0.15, -0.1) is 0 Å². The molecule has 7 heteroatoms. The zero-order chi connectivity index (χ0) is 23.1. The number of benzene rings is 2. The minimum atomic E-state index is -0.0513.